The first-order chi connectivity index (χ1) is 5.88. The van der Waals surface area contributed by atoms with Crippen molar-refractivity contribution in [1.29, 1.82) is 0 Å². The lowest BCUT2D eigenvalue weighted by atomic mass is 9.79. The van der Waals surface area contributed by atoms with E-state index in [9.17, 15) is 4.79 Å². The van der Waals surface area contributed by atoms with E-state index in [0.29, 0.717) is 17.6 Å². The summed E-state index contributed by atoms with van der Waals surface area (Å²) in [7, 11) is 0. The summed E-state index contributed by atoms with van der Waals surface area (Å²) in [4.78, 5) is 11.5. The second kappa shape index (κ2) is 3.56. The number of rotatable bonds is 1. The Kier molecular flexibility index (Phi) is 2.45. The number of ketones is 1. The lowest BCUT2D eigenvalue weighted by molar-refractivity contribution is -0.126. The van der Waals surface area contributed by atoms with Crippen molar-refractivity contribution in [1.82, 2.24) is 0 Å². The highest BCUT2D eigenvalue weighted by Gasteiger charge is 2.32. The summed E-state index contributed by atoms with van der Waals surface area (Å²) >= 11 is 0. The van der Waals surface area contributed by atoms with E-state index in [4.69, 9.17) is 4.74 Å². The third kappa shape index (κ3) is 1.53. The summed E-state index contributed by atoms with van der Waals surface area (Å²) < 4.78 is 5.31. The van der Waals surface area contributed by atoms with Crippen LogP contribution in [0, 0.1) is 11.8 Å². The van der Waals surface area contributed by atoms with Crippen LogP contribution in [0.4, 0.5) is 0 Å². The fraction of sp³-hybridized carbons (Fsp3) is 0.900. The molecule has 1 saturated carbocycles. The van der Waals surface area contributed by atoms with Crippen molar-refractivity contribution >= 4 is 5.78 Å². The molecule has 2 nitrogen and oxygen atoms in total. The van der Waals surface area contributed by atoms with Crippen molar-refractivity contribution in [2.45, 2.75) is 32.1 Å². The molecule has 2 heteroatoms. The Morgan fingerprint density at radius 2 is 2.17 bits per heavy atom. The van der Waals surface area contributed by atoms with Crippen molar-refractivity contribution in [3.05, 3.63) is 0 Å². The number of hydrogen-bond donors (Lipinski definition) is 0. The molecule has 2 aliphatic rings. The fourth-order valence-electron chi connectivity index (χ4n) is 2.38. The predicted octanol–water partition coefficient (Wildman–Crippen LogP) is 1.78. The minimum atomic E-state index is 0.348. The zero-order valence-electron chi connectivity index (χ0n) is 7.42. The summed E-state index contributed by atoms with van der Waals surface area (Å²) in [5, 5.41) is 0. The van der Waals surface area contributed by atoms with Crippen LogP contribution in [0.2, 0.25) is 0 Å². The maximum Gasteiger partial charge on any atom is 0.136 e. The van der Waals surface area contributed by atoms with Crippen LogP contribution in [-0.2, 0) is 9.53 Å². The van der Waals surface area contributed by atoms with Crippen LogP contribution in [0.5, 0.6) is 0 Å². The topological polar surface area (TPSA) is 26.3 Å². The second-order valence-corrected chi connectivity index (χ2v) is 3.94. The molecule has 0 aromatic rings. The molecule has 0 aromatic carbocycles. The number of ether oxygens (including phenoxy) is 1. The molecule has 0 bridgehead atoms. The summed E-state index contributed by atoms with van der Waals surface area (Å²) in [5.41, 5.74) is 0. The van der Waals surface area contributed by atoms with Gasteiger partial charge in [-0.1, -0.05) is 6.42 Å². The van der Waals surface area contributed by atoms with Crippen molar-refractivity contribution in [2.75, 3.05) is 13.2 Å². The monoisotopic (exact) mass is 168 g/mol. The van der Waals surface area contributed by atoms with E-state index in [1.54, 1.807) is 0 Å². The minimum Gasteiger partial charge on any atom is -0.381 e. The molecule has 2 fully saturated rings. The Balaban J connectivity index is 1.95. The zero-order valence-corrected chi connectivity index (χ0v) is 7.42. The molecule has 0 unspecified atom stereocenters. The Morgan fingerprint density at radius 3 is 2.83 bits per heavy atom. The Hall–Kier alpha value is -0.370. The second-order valence-electron chi connectivity index (χ2n) is 3.94. The van der Waals surface area contributed by atoms with Gasteiger partial charge in [0.1, 0.15) is 5.78 Å². The molecule has 0 N–H and O–H groups in total. The van der Waals surface area contributed by atoms with Gasteiger partial charge in [0.2, 0.25) is 0 Å². The molecule has 12 heavy (non-hydrogen) atoms. The SMILES string of the molecule is O=C1CCCC[C@@H]1[C@H]1CCOC1. The summed E-state index contributed by atoms with van der Waals surface area (Å²) in [5.74, 6) is 1.40. The average Bonchev–Trinajstić information content (AvgIpc) is 2.57. The van der Waals surface area contributed by atoms with Gasteiger partial charge in [-0.15, -0.1) is 0 Å². The largest absolute Gasteiger partial charge is 0.381 e. The third-order valence-electron chi connectivity index (χ3n) is 3.14. The average molecular weight is 168 g/mol. The van der Waals surface area contributed by atoms with Crippen LogP contribution >= 0.6 is 0 Å². The Labute approximate surface area is 73.3 Å². The molecule has 1 heterocycles. The molecule has 0 aromatic heterocycles. The van der Waals surface area contributed by atoms with E-state index in [-0.39, 0.29) is 0 Å². The van der Waals surface area contributed by atoms with Gasteiger partial charge in [0.25, 0.3) is 0 Å². The minimum absolute atomic E-state index is 0.348. The molecule has 0 radical (unpaired) electrons. The van der Waals surface area contributed by atoms with Gasteiger partial charge in [0.15, 0.2) is 0 Å². The molecular formula is C10H16O2. The van der Waals surface area contributed by atoms with Gasteiger partial charge in [-0.3, -0.25) is 4.79 Å². The molecule has 0 amide bonds. The maximum atomic E-state index is 11.5. The Bertz CT molecular complexity index is 171. The first-order valence-corrected chi connectivity index (χ1v) is 4.98. The van der Waals surface area contributed by atoms with Crippen LogP contribution < -0.4 is 0 Å². The quantitative estimate of drug-likeness (QED) is 0.596. The lowest BCUT2D eigenvalue weighted by Gasteiger charge is -2.24. The maximum absolute atomic E-state index is 11.5. The number of carbonyl (C=O) groups excluding carboxylic acids is 1. The highest BCUT2D eigenvalue weighted by Crippen LogP contribution is 2.31. The summed E-state index contributed by atoms with van der Waals surface area (Å²) in [6.07, 6.45) is 5.40. The molecular weight excluding hydrogens is 152 g/mol. The van der Waals surface area contributed by atoms with Gasteiger partial charge < -0.3 is 4.74 Å². The fourth-order valence-corrected chi connectivity index (χ4v) is 2.38. The number of Topliss-reactive ketones (excluding diaryl/α,β-unsaturated/α-hetero) is 1. The van der Waals surface area contributed by atoms with Gasteiger partial charge in [-0.05, 0) is 25.2 Å². The molecule has 68 valence electrons. The first kappa shape index (κ1) is 8.24. The summed E-state index contributed by atoms with van der Waals surface area (Å²) in [6, 6.07) is 0. The van der Waals surface area contributed by atoms with Gasteiger partial charge in [0, 0.05) is 18.9 Å². The van der Waals surface area contributed by atoms with E-state index in [1.165, 1.54) is 6.42 Å². The van der Waals surface area contributed by atoms with Crippen LogP contribution in [0.25, 0.3) is 0 Å². The van der Waals surface area contributed by atoms with Gasteiger partial charge >= 0.3 is 0 Å². The number of hydrogen-bond acceptors (Lipinski definition) is 2. The van der Waals surface area contributed by atoms with Crippen molar-refractivity contribution in [3.63, 3.8) is 0 Å². The number of carbonyl (C=O) groups is 1. The Morgan fingerprint density at radius 1 is 1.25 bits per heavy atom. The molecule has 1 aliphatic carbocycles. The standard InChI is InChI=1S/C10H16O2/c11-10-4-2-1-3-9(10)8-5-6-12-7-8/h8-9H,1-7H2/t8-,9+/m0/s1. The molecule has 2 rings (SSSR count). The van der Waals surface area contributed by atoms with E-state index in [1.807, 2.05) is 0 Å². The van der Waals surface area contributed by atoms with E-state index < -0.39 is 0 Å². The van der Waals surface area contributed by atoms with Crippen molar-refractivity contribution < 1.29 is 9.53 Å². The van der Waals surface area contributed by atoms with Gasteiger partial charge in [-0.2, -0.15) is 0 Å². The first-order valence-electron chi connectivity index (χ1n) is 4.98. The smallest absolute Gasteiger partial charge is 0.136 e. The molecule has 1 saturated heterocycles. The molecule has 2 atom stereocenters. The van der Waals surface area contributed by atoms with Gasteiger partial charge in [-0.25, -0.2) is 0 Å². The van der Waals surface area contributed by atoms with E-state index in [2.05, 4.69) is 0 Å². The highest BCUT2D eigenvalue weighted by atomic mass is 16.5. The van der Waals surface area contributed by atoms with Crippen LogP contribution in [0.3, 0.4) is 0 Å². The normalized spacial score (nSPS) is 37.2. The third-order valence-corrected chi connectivity index (χ3v) is 3.14. The van der Waals surface area contributed by atoms with Gasteiger partial charge in [0.05, 0.1) is 6.61 Å². The molecule has 0 spiro atoms. The zero-order chi connectivity index (χ0) is 8.39. The van der Waals surface area contributed by atoms with Crippen LogP contribution in [0.15, 0.2) is 0 Å². The molecule has 1 aliphatic heterocycles. The van der Waals surface area contributed by atoms with Crippen LogP contribution in [0.1, 0.15) is 32.1 Å². The van der Waals surface area contributed by atoms with Crippen molar-refractivity contribution in [3.8, 4) is 0 Å². The van der Waals surface area contributed by atoms with E-state index >= 15 is 0 Å². The summed E-state index contributed by atoms with van der Waals surface area (Å²) in [6.45, 7) is 1.70. The van der Waals surface area contributed by atoms with E-state index in [0.717, 1.165) is 38.9 Å². The van der Waals surface area contributed by atoms with Crippen LogP contribution in [-0.4, -0.2) is 19.0 Å². The van der Waals surface area contributed by atoms with Crippen molar-refractivity contribution in [2.24, 2.45) is 11.8 Å². The highest BCUT2D eigenvalue weighted by molar-refractivity contribution is 5.81. The predicted molar refractivity (Wildman–Crippen MR) is 45.9 cm³/mol. The lowest BCUT2D eigenvalue weighted by Crippen LogP contribution is -2.27.